The number of ether oxygens (including phenoxy) is 1. The van der Waals surface area contributed by atoms with Gasteiger partial charge < -0.3 is 4.74 Å². The van der Waals surface area contributed by atoms with E-state index in [1.807, 2.05) is 25.1 Å². The molecule has 8 heteroatoms. The predicted octanol–water partition coefficient (Wildman–Crippen LogP) is 1.19. The summed E-state index contributed by atoms with van der Waals surface area (Å²) >= 11 is 0. The zero-order valence-corrected chi connectivity index (χ0v) is 13.8. The number of carbonyl (C=O) groups is 2. The molecule has 2 aromatic heterocycles. The van der Waals surface area contributed by atoms with Gasteiger partial charge in [-0.25, -0.2) is 9.50 Å². The summed E-state index contributed by atoms with van der Waals surface area (Å²) in [5.74, 6) is -0.379. The van der Waals surface area contributed by atoms with Crippen molar-refractivity contribution >= 4 is 17.5 Å². The molecule has 0 unspecified atom stereocenters. The fraction of sp³-hybridized carbons (Fsp3) is 0.176. The molecule has 0 saturated carbocycles. The smallest absolute Gasteiger partial charge is 0.276 e. The van der Waals surface area contributed by atoms with Crippen molar-refractivity contribution < 1.29 is 14.3 Å². The highest BCUT2D eigenvalue weighted by Gasteiger charge is 2.18. The Morgan fingerprint density at radius 3 is 2.84 bits per heavy atom. The minimum absolute atomic E-state index is 0.213. The maximum absolute atomic E-state index is 12.3. The third-order valence-corrected chi connectivity index (χ3v) is 3.47. The number of rotatable bonds is 4. The summed E-state index contributed by atoms with van der Waals surface area (Å²) < 4.78 is 6.88. The second-order valence-electron chi connectivity index (χ2n) is 5.46. The van der Waals surface area contributed by atoms with Gasteiger partial charge in [0.15, 0.2) is 12.3 Å². The van der Waals surface area contributed by atoms with Crippen LogP contribution in [0.15, 0.2) is 42.7 Å². The fourth-order valence-corrected chi connectivity index (χ4v) is 2.34. The van der Waals surface area contributed by atoms with E-state index in [4.69, 9.17) is 4.74 Å². The van der Waals surface area contributed by atoms with Gasteiger partial charge in [0, 0.05) is 12.4 Å². The maximum Gasteiger partial charge on any atom is 0.276 e. The Hall–Kier alpha value is -3.42. The van der Waals surface area contributed by atoms with E-state index in [1.54, 1.807) is 31.5 Å². The first-order chi connectivity index (χ1) is 12.0. The highest BCUT2D eigenvalue weighted by molar-refractivity contribution is 6.01. The van der Waals surface area contributed by atoms with Crippen LogP contribution in [0.4, 0.5) is 0 Å². The third-order valence-electron chi connectivity index (χ3n) is 3.47. The monoisotopic (exact) mass is 339 g/mol. The molecule has 2 N–H and O–H groups in total. The van der Waals surface area contributed by atoms with Crippen molar-refractivity contribution in [1.29, 1.82) is 0 Å². The van der Waals surface area contributed by atoms with Gasteiger partial charge in [-0.3, -0.25) is 20.4 Å². The average Bonchev–Trinajstić information content (AvgIpc) is 2.93. The molecule has 0 fully saturated rings. The van der Waals surface area contributed by atoms with Gasteiger partial charge in [-0.05, 0) is 37.6 Å². The zero-order chi connectivity index (χ0) is 17.8. The maximum atomic E-state index is 12.3. The van der Waals surface area contributed by atoms with Crippen molar-refractivity contribution in [2.45, 2.75) is 13.8 Å². The molecule has 0 aliphatic carbocycles. The number of hydrogen-bond acceptors (Lipinski definition) is 5. The molecular weight excluding hydrogens is 322 g/mol. The SMILES string of the molecule is Cc1cccc(OCC(=O)NNC(=O)c2c(C)nn3cccnc23)c1. The number of carbonyl (C=O) groups excluding carboxylic acids is 2. The summed E-state index contributed by atoms with van der Waals surface area (Å²) in [6.45, 7) is 3.42. The quantitative estimate of drug-likeness (QED) is 0.696. The lowest BCUT2D eigenvalue weighted by Gasteiger charge is -2.09. The Morgan fingerprint density at radius 2 is 2.04 bits per heavy atom. The van der Waals surface area contributed by atoms with E-state index >= 15 is 0 Å². The lowest BCUT2D eigenvalue weighted by molar-refractivity contribution is -0.123. The number of aryl methyl sites for hydroxylation is 2. The topological polar surface area (TPSA) is 97.6 Å². The molecule has 128 valence electrons. The molecule has 0 spiro atoms. The van der Waals surface area contributed by atoms with E-state index < -0.39 is 11.8 Å². The zero-order valence-electron chi connectivity index (χ0n) is 13.8. The number of aromatic nitrogens is 3. The molecule has 0 radical (unpaired) electrons. The van der Waals surface area contributed by atoms with Gasteiger partial charge in [-0.1, -0.05) is 12.1 Å². The minimum atomic E-state index is -0.491. The van der Waals surface area contributed by atoms with Crippen LogP contribution in [0.5, 0.6) is 5.75 Å². The van der Waals surface area contributed by atoms with Crippen molar-refractivity contribution in [3.8, 4) is 5.75 Å². The lowest BCUT2D eigenvalue weighted by Crippen LogP contribution is -2.44. The number of hydrazine groups is 1. The van der Waals surface area contributed by atoms with Crippen molar-refractivity contribution in [2.24, 2.45) is 0 Å². The molecule has 0 saturated heterocycles. The van der Waals surface area contributed by atoms with Crippen molar-refractivity contribution in [1.82, 2.24) is 25.4 Å². The molecule has 0 aliphatic heterocycles. The fourth-order valence-electron chi connectivity index (χ4n) is 2.34. The minimum Gasteiger partial charge on any atom is -0.484 e. The van der Waals surface area contributed by atoms with Gasteiger partial charge in [-0.15, -0.1) is 0 Å². The van der Waals surface area contributed by atoms with Crippen LogP contribution in [0, 0.1) is 13.8 Å². The normalized spacial score (nSPS) is 10.5. The summed E-state index contributed by atoms with van der Waals surface area (Å²) in [5, 5.41) is 4.20. The number of nitrogens with one attached hydrogen (secondary N) is 2. The largest absolute Gasteiger partial charge is 0.484 e. The van der Waals surface area contributed by atoms with E-state index in [2.05, 4.69) is 20.9 Å². The third kappa shape index (κ3) is 3.74. The van der Waals surface area contributed by atoms with Gasteiger partial charge in [0.05, 0.1) is 5.69 Å². The molecule has 2 amide bonds. The molecule has 2 heterocycles. The molecule has 1 aromatic carbocycles. The summed E-state index contributed by atoms with van der Waals surface area (Å²) in [4.78, 5) is 28.3. The molecule has 3 aromatic rings. The van der Waals surface area contributed by atoms with E-state index in [0.29, 0.717) is 22.7 Å². The Balaban J connectivity index is 1.58. The van der Waals surface area contributed by atoms with Crippen LogP contribution in [0.1, 0.15) is 21.6 Å². The first kappa shape index (κ1) is 16.4. The van der Waals surface area contributed by atoms with Crippen LogP contribution >= 0.6 is 0 Å². The van der Waals surface area contributed by atoms with E-state index in [9.17, 15) is 9.59 Å². The van der Waals surface area contributed by atoms with E-state index in [1.165, 1.54) is 4.52 Å². The second kappa shape index (κ2) is 7.00. The molecule has 25 heavy (non-hydrogen) atoms. The van der Waals surface area contributed by atoms with Crippen LogP contribution in [0.2, 0.25) is 0 Å². The molecule has 0 atom stereocenters. The summed E-state index contributed by atoms with van der Waals surface area (Å²) in [5.41, 5.74) is 6.94. The van der Waals surface area contributed by atoms with E-state index in [0.717, 1.165) is 5.56 Å². The van der Waals surface area contributed by atoms with Gasteiger partial charge in [-0.2, -0.15) is 5.10 Å². The van der Waals surface area contributed by atoms with Crippen molar-refractivity contribution in [3.63, 3.8) is 0 Å². The highest BCUT2D eigenvalue weighted by Crippen LogP contribution is 2.13. The molecule has 0 aliphatic rings. The van der Waals surface area contributed by atoms with Gasteiger partial charge in [0.2, 0.25) is 0 Å². The van der Waals surface area contributed by atoms with Gasteiger partial charge in [0.1, 0.15) is 11.3 Å². The molecular formula is C17H17N5O3. The number of benzene rings is 1. The first-order valence-corrected chi connectivity index (χ1v) is 7.63. The average molecular weight is 339 g/mol. The predicted molar refractivity (Wildman–Crippen MR) is 90.0 cm³/mol. The van der Waals surface area contributed by atoms with Gasteiger partial charge in [0.25, 0.3) is 11.8 Å². The van der Waals surface area contributed by atoms with Crippen LogP contribution in [0.3, 0.4) is 0 Å². The molecule has 0 bridgehead atoms. The Morgan fingerprint density at radius 1 is 1.20 bits per heavy atom. The summed E-state index contributed by atoms with van der Waals surface area (Å²) in [6.07, 6.45) is 3.27. The van der Waals surface area contributed by atoms with Crippen LogP contribution in [0.25, 0.3) is 5.65 Å². The number of amides is 2. The Bertz CT molecular complexity index is 935. The highest BCUT2D eigenvalue weighted by atomic mass is 16.5. The Labute approximate surface area is 143 Å². The van der Waals surface area contributed by atoms with Crippen LogP contribution in [-0.4, -0.2) is 33.0 Å². The summed E-state index contributed by atoms with van der Waals surface area (Å²) in [6, 6.07) is 9.06. The van der Waals surface area contributed by atoms with E-state index in [-0.39, 0.29) is 6.61 Å². The molecule has 3 rings (SSSR count). The first-order valence-electron chi connectivity index (χ1n) is 7.63. The number of fused-ring (bicyclic) bond motifs is 1. The molecule has 8 nitrogen and oxygen atoms in total. The van der Waals surface area contributed by atoms with Crippen molar-refractivity contribution in [3.05, 3.63) is 59.5 Å². The summed E-state index contributed by atoms with van der Waals surface area (Å²) in [7, 11) is 0. The van der Waals surface area contributed by atoms with Crippen LogP contribution < -0.4 is 15.6 Å². The number of nitrogens with zero attached hydrogens (tertiary/aromatic N) is 3. The second-order valence-corrected chi connectivity index (χ2v) is 5.46. The standard InChI is InChI=1S/C17H17N5O3/c1-11-5-3-6-13(9-11)25-10-14(23)19-20-17(24)15-12(2)21-22-8-4-7-18-16(15)22/h3-9H,10H2,1-2H3,(H,19,23)(H,20,24). The van der Waals surface area contributed by atoms with Crippen LogP contribution in [-0.2, 0) is 4.79 Å². The van der Waals surface area contributed by atoms with Crippen molar-refractivity contribution in [2.75, 3.05) is 6.61 Å². The Kier molecular flexibility index (Phi) is 4.60. The lowest BCUT2D eigenvalue weighted by atomic mass is 10.2. The van der Waals surface area contributed by atoms with Gasteiger partial charge >= 0.3 is 0 Å². The number of hydrogen-bond donors (Lipinski definition) is 2.